The number of aryl methyl sites for hydroxylation is 3. The minimum Gasteiger partial charge on any atom is -0.317 e. The lowest BCUT2D eigenvalue weighted by molar-refractivity contribution is -0.120. The molecule has 1 aliphatic rings. The molecule has 1 saturated heterocycles. The number of aromatic nitrogens is 1. The summed E-state index contributed by atoms with van der Waals surface area (Å²) in [6.45, 7) is 8.22. The minimum atomic E-state index is -0.440. The van der Waals surface area contributed by atoms with E-state index in [0.717, 1.165) is 33.8 Å². The van der Waals surface area contributed by atoms with E-state index < -0.39 is 11.8 Å². The number of hydrogen-bond acceptors (Lipinski definition) is 3. The first kappa shape index (κ1) is 24.4. The van der Waals surface area contributed by atoms with Gasteiger partial charge in [0.15, 0.2) is 5.11 Å². The fourth-order valence-electron chi connectivity index (χ4n) is 4.93. The van der Waals surface area contributed by atoms with Gasteiger partial charge in [-0.1, -0.05) is 54.6 Å². The topological polar surface area (TPSA) is 45.6 Å². The maximum Gasteiger partial charge on any atom is 0.270 e. The molecule has 184 valence electrons. The van der Waals surface area contributed by atoms with Gasteiger partial charge in [0, 0.05) is 11.4 Å². The highest BCUT2D eigenvalue weighted by atomic mass is 32.1. The van der Waals surface area contributed by atoms with Gasteiger partial charge in [0.25, 0.3) is 11.8 Å². The molecule has 0 radical (unpaired) electrons. The number of carbonyl (C=O) groups excluding carboxylic acids is 2. The molecule has 2 amide bonds. The van der Waals surface area contributed by atoms with Crippen LogP contribution in [0.25, 0.3) is 11.8 Å². The molecule has 1 fully saturated rings. The van der Waals surface area contributed by atoms with Crippen molar-refractivity contribution in [1.82, 2.24) is 4.57 Å². The number of anilines is 2. The number of rotatable bonds is 4. The van der Waals surface area contributed by atoms with Crippen LogP contribution in [0.15, 0.2) is 90.5 Å². The first-order valence-corrected chi connectivity index (χ1v) is 12.5. The largest absolute Gasteiger partial charge is 0.317 e. The molecule has 2 heterocycles. The van der Waals surface area contributed by atoms with E-state index in [1.165, 1.54) is 9.80 Å². The second-order valence-electron chi connectivity index (χ2n) is 9.20. The standard InChI is InChI=1S/C31H27N3O2S/c1-20-12-11-13-21(2)28(20)32-22(3)18-24(23(32)4)19-27-29(35)33(25-14-7-5-8-15-25)31(37)34(30(27)36)26-16-9-6-10-17-26/h5-19H,1-4H3. The van der Waals surface area contributed by atoms with Gasteiger partial charge in [-0.2, -0.15) is 0 Å². The molecular weight excluding hydrogens is 478 g/mol. The minimum absolute atomic E-state index is 0.0584. The monoisotopic (exact) mass is 505 g/mol. The van der Waals surface area contributed by atoms with E-state index in [0.29, 0.717) is 11.4 Å². The van der Waals surface area contributed by atoms with E-state index in [2.05, 4.69) is 30.5 Å². The summed E-state index contributed by atoms with van der Waals surface area (Å²) in [7, 11) is 0. The van der Waals surface area contributed by atoms with Gasteiger partial charge >= 0.3 is 0 Å². The number of hydrogen-bond donors (Lipinski definition) is 0. The van der Waals surface area contributed by atoms with Gasteiger partial charge in [-0.05, 0) is 93.0 Å². The van der Waals surface area contributed by atoms with Gasteiger partial charge in [-0.15, -0.1) is 0 Å². The molecule has 5 rings (SSSR count). The summed E-state index contributed by atoms with van der Waals surface area (Å²) in [6.07, 6.45) is 1.70. The number of carbonyl (C=O) groups is 2. The molecule has 1 aliphatic heterocycles. The van der Waals surface area contributed by atoms with Gasteiger partial charge in [0.2, 0.25) is 0 Å². The Bertz CT molecular complexity index is 1490. The number of benzene rings is 3. The lowest BCUT2D eigenvalue weighted by atomic mass is 10.0. The van der Waals surface area contributed by atoms with Crippen LogP contribution in [0.1, 0.15) is 28.1 Å². The highest BCUT2D eigenvalue weighted by Gasteiger charge is 2.41. The fraction of sp³-hybridized carbons (Fsp3) is 0.129. The predicted octanol–water partition coefficient (Wildman–Crippen LogP) is 6.46. The first-order chi connectivity index (χ1) is 17.8. The summed E-state index contributed by atoms with van der Waals surface area (Å²) < 4.78 is 2.18. The Kier molecular flexibility index (Phi) is 6.36. The Balaban J connectivity index is 1.68. The molecule has 37 heavy (non-hydrogen) atoms. The smallest absolute Gasteiger partial charge is 0.270 e. The maximum absolute atomic E-state index is 13.8. The molecule has 0 unspecified atom stereocenters. The second-order valence-corrected chi connectivity index (χ2v) is 9.56. The van der Waals surface area contributed by atoms with Crippen molar-refractivity contribution in [3.05, 3.63) is 119 Å². The van der Waals surface area contributed by atoms with Crippen molar-refractivity contribution in [2.24, 2.45) is 0 Å². The van der Waals surface area contributed by atoms with Gasteiger partial charge in [0.05, 0.1) is 17.1 Å². The van der Waals surface area contributed by atoms with Crippen LogP contribution in [0.4, 0.5) is 11.4 Å². The van der Waals surface area contributed by atoms with Crippen LogP contribution in [0.2, 0.25) is 0 Å². The highest BCUT2D eigenvalue weighted by molar-refractivity contribution is 7.81. The SMILES string of the molecule is Cc1cccc(C)c1-n1c(C)cc(C=C2C(=O)N(c3ccccc3)C(=S)N(c3ccccc3)C2=O)c1C. The Labute approximate surface area is 222 Å². The summed E-state index contributed by atoms with van der Waals surface area (Å²) >= 11 is 5.71. The Hall–Kier alpha value is -4.29. The Morgan fingerprint density at radius 1 is 0.676 bits per heavy atom. The van der Waals surface area contributed by atoms with Crippen molar-refractivity contribution in [2.75, 3.05) is 9.80 Å². The molecule has 0 N–H and O–H groups in total. The third-order valence-electron chi connectivity index (χ3n) is 6.71. The normalized spacial score (nSPS) is 13.9. The first-order valence-electron chi connectivity index (χ1n) is 12.1. The van der Waals surface area contributed by atoms with E-state index >= 15 is 0 Å². The molecule has 3 aromatic carbocycles. The molecular formula is C31H27N3O2S. The van der Waals surface area contributed by atoms with E-state index in [1.54, 1.807) is 6.08 Å². The van der Waals surface area contributed by atoms with Crippen molar-refractivity contribution in [1.29, 1.82) is 0 Å². The average Bonchev–Trinajstić information content (AvgIpc) is 3.16. The second kappa shape index (κ2) is 9.64. The molecule has 0 aliphatic carbocycles. The molecule has 0 saturated carbocycles. The van der Waals surface area contributed by atoms with E-state index in [-0.39, 0.29) is 10.7 Å². The van der Waals surface area contributed by atoms with Gasteiger partial charge in [-0.25, -0.2) is 0 Å². The lowest BCUT2D eigenvalue weighted by Crippen LogP contribution is -2.56. The summed E-state index contributed by atoms with van der Waals surface area (Å²) in [5.41, 5.74) is 7.48. The third-order valence-corrected chi connectivity index (χ3v) is 7.08. The highest BCUT2D eigenvalue weighted by Crippen LogP contribution is 2.32. The van der Waals surface area contributed by atoms with Crippen LogP contribution in [-0.2, 0) is 9.59 Å². The zero-order valence-electron chi connectivity index (χ0n) is 21.2. The van der Waals surface area contributed by atoms with Crippen molar-refractivity contribution in [3.63, 3.8) is 0 Å². The van der Waals surface area contributed by atoms with Crippen molar-refractivity contribution in [3.8, 4) is 5.69 Å². The quantitative estimate of drug-likeness (QED) is 0.182. The van der Waals surface area contributed by atoms with Crippen LogP contribution >= 0.6 is 12.2 Å². The molecule has 0 spiro atoms. The maximum atomic E-state index is 13.8. The van der Waals surface area contributed by atoms with Gasteiger partial charge in [-0.3, -0.25) is 19.4 Å². The fourth-order valence-corrected chi connectivity index (χ4v) is 5.31. The molecule has 1 aromatic heterocycles. The molecule has 5 nitrogen and oxygen atoms in total. The van der Waals surface area contributed by atoms with Crippen LogP contribution < -0.4 is 9.80 Å². The van der Waals surface area contributed by atoms with Crippen LogP contribution in [0.5, 0.6) is 0 Å². The summed E-state index contributed by atoms with van der Waals surface area (Å²) in [6, 6.07) is 26.6. The third kappa shape index (κ3) is 4.19. The molecule has 6 heteroatoms. The van der Waals surface area contributed by atoms with Gasteiger partial charge in [0.1, 0.15) is 5.57 Å². The van der Waals surface area contributed by atoms with Crippen LogP contribution in [0.3, 0.4) is 0 Å². The number of amides is 2. The molecule has 4 aromatic rings. The molecule has 0 bridgehead atoms. The summed E-state index contributed by atoms with van der Waals surface area (Å²) in [4.78, 5) is 30.5. The van der Waals surface area contributed by atoms with Crippen molar-refractivity contribution < 1.29 is 9.59 Å². The number of thiocarbonyl (C=S) groups is 1. The Morgan fingerprint density at radius 3 is 1.65 bits per heavy atom. The Morgan fingerprint density at radius 2 is 1.16 bits per heavy atom. The van der Waals surface area contributed by atoms with Crippen LogP contribution in [0, 0.1) is 27.7 Å². The van der Waals surface area contributed by atoms with E-state index in [4.69, 9.17) is 12.2 Å². The van der Waals surface area contributed by atoms with Gasteiger partial charge < -0.3 is 4.57 Å². The predicted molar refractivity (Wildman–Crippen MR) is 153 cm³/mol. The summed E-state index contributed by atoms with van der Waals surface area (Å²) in [5.74, 6) is -0.879. The van der Waals surface area contributed by atoms with Crippen LogP contribution in [-0.4, -0.2) is 21.5 Å². The zero-order chi connectivity index (χ0) is 26.3. The molecule has 0 atom stereocenters. The van der Waals surface area contributed by atoms with Crippen molar-refractivity contribution in [2.45, 2.75) is 27.7 Å². The summed E-state index contributed by atoms with van der Waals surface area (Å²) in [5, 5.41) is 0.130. The lowest BCUT2D eigenvalue weighted by Gasteiger charge is -2.36. The van der Waals surface area contributed by atoms with E-state index in [9.17, 15) is 9.59 Å². The van der Waals surface area contributed by atoms with E-state index in [1.807, 2.05) is 86.6 Å². The number of nitrogens with zero attached hydrogens (tertiary/aromatic N) is 3. The number of para-hydroxylation sites is 3. The average molecular weight is 506 g/mol. The zero-order valence-corrected chi connectivity index (χ0v) is 22.0. The van der Waals surface area contributed by atoms with Crippen molar-refractivity contribution >= 4 is 46.6 Å².